The molecule has 0 aromatic rings. The molecule has 1 rings (SSSR count). The summed E-state index contributed by atoms with van der Waals surface area (Å²) in [5.41, 5.74) is 0. The quantitative estimate of drug-likeness (QED) is 0.358. The zero-order valence-electron chi connectivity index (χ0n) is 7.22. The van der Waals surface area contributed by atoms with E-state index in [0.29, 0.717) is 0 Å². The largest absolute Gasteiger partial charge is 0.470 e. The summed E-state index contributed by atoms with van der Waals surface area (Å²) in [6.45, 7) is 0. The van der Waals surface area contributed by atoms with Gasteiger partial charge in [-0.3, -0.25) is 4.52 Å². The topological polar surface area (TPSA) is 127 Å². The number of phosphoric acid groups is 1. The molecule has 8 heteroatoms. The second kappa shape index (κ2) is 4.24. The van der Waals surface area contributed by atoms with Gasteiger partial charge in [0, 0.05) is 12.8 Å². The van der Waals surface area contributed by atoms with Gasteiger partial charge in [0.1, 0.15) is 6.10 Å². The van der Waals surface area contributed by atoms with Crippen LogP contribution in [-0.4, -0.2) is 49.5 Å². The molecule has 1 aliphatic rings. The van der Waals surface area contributed by atoms with Gasteiger partial charge >= 0.3 is 7.82 Å². The van der Waals surface area contributed by atoms with Crippen LogP contribution >= 0.6 is 7.82 Å². The molecule has 7 nitrogen and oxygen atoms in total. The lowest BCUT2D eigenvalue weighted by molar-refractivity contribution is -0.112. The normalized spacial score (nSPS) is 39.8. The van der Waals surface area contributed by atoms with Gasteiger partial charge in [0.25, 0.3) is 0 Å². The summed E-state index contributed by atoms with van der Waals surface area (Å²) in [6.07, 6.45) is -4.91. The monoisotopic (exact) mass is 228 g/mol. The third-order valence-corrected chi connectivity index (χ3v) is 2.56. The maximum Gasteiger partial charge on any atom is 0.470 e. The lowest BCUT2D eigenvalue weighted by Crippen LogP contribution is -2.47. The highest BCUT2D eigenvalue weighted by Crippen LogP contribution is 2.41. The predicted octanol–water partition coefficient (Wildman–Crippen LogP) is -1.66. The molecule has 0 aromatic carbocycles. The van der Waals surface area contributed by atoms with Gasteiger partial charge in [0.15, 0.2) is 0 Å². The average Bonchev–Trinajstić information content (AvgIpc) is 1.95. The first-order valence-electron chi connectivity index (χ1n) is 4.08. The molecule has 84 valence electrons. The van der Waals surface area contributed by atoms with E-state index in [2.05, 4.69) is 4.52 Å². The first-order valence-corrected chi connectivity index (χ1v) is 5.61. The molecule has 0 aliphatic heterocycles. The summed E-state index contributed by atoms with van der Waals surface area (Å²) < 4.78 is 14.7. The van der Waals surface area contributed by atoms with Gasteiger partial charge < -0.3 is 25.1 Å². The number of hydrogen-bond acceptors (Lipinski definition) is 5. The second-order valence-corrected chi connectivity index (χ2v) is 4.51. The Morgan fingerprint density at radius 3 is 1.86 bits per heavy atom. The van der Waals surface area contributed by atoms with E-state index in [1.54, 1.807) is 0 Å². The molecule has 1 fully saturated rings. The highest BCUT2D eigenvalue weighted by molar-refractivity contribution is 7.46. The van der Waals surface area contributed by atoms with Crippen LogP contribution in [0, 0.1) is 0 Å². The molecule has 2 atom stereocenters. The Labute approximate surface area is 80.2 Å². The molecular weight excluding hydrogens is 215 g/mol. The number of phosphoric ester groups is 1. The number of rotatable bonds is 2. The highest BCUT2D eigenvalue weighted by atomic mass is 31.2. The molecule has 5 N–H and O–H groups in total. The molecule has 1 aliphatic carbocycles. The second-order valence-electron chi connectivity index (χ2n) is 3.32. The Balaban J connectivity index is 2.63. The minimum atomic E-state index is -4.73. The van der Waals surface area contributed by atoms with Crippen LogP contribution < -0.4 is 0 Å². The van der Waals surface area contributed by atoms with Crippen molar-refractivity contribution in [3.63, 3.8) is 0 Å². The van der Waals surface area contributed by atoms with Crippen molar-refractivity contribution < 1.29 is 34.2 Å². The molecule has 0 bridgehead atoms. The van der Waals surface area contributed by atoms with E-state index in [-0.39, 0.29) is 12.8 Å². The fraction of sp³-hybridized carbons (Fsp3) is 1.00. The smallest absolute Gasteiger partial charge is 0.393 e. The van der Waals surface area contributed by atoms with Gasteiger partial charge in [0.2, 0.25) is 0 Å². The first kappa shape index (κ1) is 12.1. The van der Waals surface area contributed by atoms with Gasteiger partial charge in [-0.05, 0) is 0 Å². The van der Waals surface area contributed by atoms with E-state index >= 15 is 0 Å². The predicted molar refractivity (Wildman–Crippen MR) is 44.2 cm³/mol. The first-order chi connectivity index (χ1) is 6.29. The van der Waals surface area contributed by atoms with Crippen LogP contribution in [-0.2, 0) is 9.09 Å². The Morgan fingerprint density at radius 2 is 1.50 bits per heavy atom. The van der Waals surface area contributed by atoms with Crippen LogP contribution in [0.4, 0.5) is 0 Å². The SMILES string of the molecule is O=P(O)(O)OC1[C@H](O)CC(O)C[C@H]1O. The fourth-order valence-corrected chi connectivity index (χ4v) is 2.08. The van der Waals surface area contributed by atoms with Gasteiger partial charge in [0.05, 0.1) is 18.3 Å². The molecule has 0 radical (unpaired) electrons. The van der Waals surface area contributed by atoms with E-state index in [0.717, 1.165) is 0 Å². The molecule has 0 aromatic heterocycles. The summed E-state index contributed by atoms with van der Waals surface area (Å²) in [5, 5.41) is 27.7. The summed E-state index contributed by atoms with van der Waals surface area (Å²) in [6, 6.07) is 0. The van der Waals surface area contributed by atoms with Crippen molar-refractivity contribution in [2.45, 2.75) is 37.3 Å². The van der Waals surface area contributed by atoms with Crippen molar-refractivity contribution in [1.82, 2.24) is 0 Å². The minimum absolute atomic E-state index is 0.0677. The molecule has 0 unspecified atom stereocenters. The van der Waals surface area contributed by atoms with Crippen molar-refractivity contribution in [3.05, 3.63) is 0 Å². The molecule has 14 heavy (non-hydrogen) atoms. The standard InChI is InChI=1S/C6H13O7P/c7-3-1-4(8)6(5(9)2-3)13-14(10,11)12/h3-9H,1-2H2,(H2,10,11,12)/t3?,4-,5-,6?/m1/s1. The maximum absolute atomic E-state index is 10.5. The van der Waals surface area contributed by atoms with Crippen LogP contribution in [0.15, 0.2) is 0 Å². The van der Waals surface area contributed by atoms with Crippen molar-refractivity contribution in [2.24, 2.45) is 0 Å². The highest BCUT2D eigenvalue weighted by Gasteiger charge is 2.39. The Bertz CT molecular complexity index is 226. The van der Waals surface area contributed by atoms with Crippen LogP contribution in [0.5, 0.6) is 0 Å². The van der Waals surface area contributed by atoms with E-state index in [1.165, 1.54) is 0 Å². The Hall–Kier alpha value is -0.0100. The molecule has 0 heterocycles. The summed E-state index contributed by atoms with van der Waals surface area (Å²) in [5.74, 6) is 0. The third kappa shape index (κ3) is 3.29. The Kier molecular flexibility index (Phi) is 3.65. The number of hydrogen-bond donors (Lipinski definition) is 5. The van der Waals surface area contributed by atoms with E-state index in [9.17, 15) is 14.8 Å². The van der Waals surface area contributed by atoms with Gasteiger partial charge in [-0.2, -0.15) is 0 Å². The van der Waals surface area contributed by atoms with Crippen LogP contribution in [0.3, 0.4) is 0 Å². The van der Waals surface area contributed by atoms with Gasteiger partial charge in [-0.1, -0.05) is 0 Å². The fourth-order valence-electron chi connectivity index (χ4n) is 1.48. The lowest BCUT2D eigenvalue weighted by Gasteiger charge is -2.34. The van der Waals surface area contributed by atoms with E-state index < -0.39 is 32.2 Å². The van der Waals surface area contributed by atoms with Crippen molar-refractivity contribution in [1.29, 1.82) is 0 Å². The average molecular weight is 228 g/mol. The van der Waals surface area contributed by atoms with Crippen LogP contribution in [0.1, 0.15) is 12.8 Å². The Morgan fingerprint density at radius 1 is 1.07 bits per heavy atom. The van der Waals surface area contributed by atoms with E-state index in [4.69, 9.17) is 14.9 Å². The van der Waals surface area contributed by atoms with Crippen molar-refractivity contribution in [3.8, 4) is 0 Å². The third-order valence-electron chi connectivity index (χ3n) is 2.04. The molecule has 1 saturated carbocycles. The van der Waals surface area contributed by atoms with Crippen molar-refractivity contribution >= 4 is 7.82 Å². The zero-order chi connectivity index (χ0) is 10.9. The van der Waals surface area contributed by atoms with E-state index in [1.807, 2.05) is 0 Å². The molecule has 0 saturated heterocycles. The minimum Gasteiger partial charge on any atom is -0.393 e. The van der Waals surface area contributed by atoms with Gasteiger partial charge in [-0.25, -0.2) is 4.57 Å². The lowest BCUT2D eigenvalue weighted by atomic mass is 9.90. The molecule has 0 spiro atoms. The zero-order valence-corrected chi connectivity index (χ0v) is 8.12. The summed E-state index contributed by atoms with van der Waals surface area (Å²) in [7, 11) is -4.73. The number of aliphatic hydroxyl groups excluding tert-OH is 3. The molecule has 0 amide bonds. The van der Waals surface area contributed by atoms with Gasteiger partial charge in [-0.15, -0.1) is 0 Å². The summed E-state index contributed by atoms with van der Waals surface area (Å²) >= 11 is 0. The maximum atomic E-state index is 10.5. The van der Waals surface area contributed by atoms with Crippen molar-refractivity contribution in [2.75, 3.05) is 0 Å². The molecular formula is C6H13O7P. The number of aliphatic hydroxyl groups is 3. The van der Waals surface area contributed by atoms with Crippen LogP contribution in [0.25, 0.3) is 0 Å². The van der Waals surface area contributed by atoms with Crippen LogP contribution in [0.2, 0.25) is 0 Å². The summed E-state index contributed by atoms with van der Waals surface area (Å²) in [4.78, 5) is 17.0.